The minimum absolute atomic E-state index is 0.0147. The smallest absolute Gasteiger partial charge is 0.269 e. The fraction of sp³-hybridized carbons (Fsp3) is 0.133. The van der Waals surface area contributed by atoms with Gasteiger partial charge in [0.05, 0.1) is 4.92 Å². The van der Waals surface area contributed by atoms with Crippen LogP contribution in [-0.2, 0) is 6.42 Å². The highest BCUT2D eigenvalue weighted by atomic mass is 19.1. The summed E-state index contributed by atoms with van der Waals surface area (Å²) < 4.78 is 13.0. The normalized spacial score (nSPS) is 10.3. The Balaban J connectivity index is 2.17. The molecular weight excluding hydrogens is 261 g/mol. The number of nitro benzene ring substituents is 1. The van der Waals surface area contributed by atoms with Crippen LogP contribution >= 0.6 is 0 Å². The van der Waals surface area contributed by atoms with E-state index in [4.69, 9.17) is 0 Å². The second kappa shape index (κ2) is 5.61. The highest BCUT2D eigenvalue weighted by molar-refractivity contribution is 5.98. The summed E-state index contributed by atoms with van der Waals surface area (Å²) in [6.45, 7) is 1.67. The third-order valence-corrected chi connectivity index (χ3v) is 3.00. The number of hydrogen-bond donors (Lipinski definition) is 0. The number of Topliss-reactive ketones (excluding diaryl/α,β-unsaturated/α-hetero) is 1. The van der Waals surface area contributed by atoms with Crippen molar-refractivity contribution in [3.05, 3.63) is 75.1 Å². The number of hydrogen-bond acceptors (Lipinski definition) is 3. The van der Waals surface area contributed by atoms with E-state index in [1.165, 1.54) is 30.3 Å². The Kier molecular flexibility index (Phi) is 3.89. The molecule has 0 saturated heterocycles. The van der Waals surface area contributed by atoms with E-state index in [1.54, 1.807) is 19.1 Å². The standard InChI is InChI=1S/C15H12FNO3/c1-10-8-12(16)4-7-14(10)15(18)9-11-2-5-13(6-3-11)17(19)20/h2-8H,9H2,1H3. The molecule has 0 spiro atoms. The predicted molar refractivity (Wildman–Crippen MR) is 72.3 cm³/mol. The minimum Gasteiger partial charge on any atom is -0.294 e. The molecule has 0 bridgehead atoms. The Labute approximate surface area is 115 Å². The first-order valence-electron chi connectivity index (χ1n) is 6.00. The van der Waals surface area contributed by atoms with Crippen LogP contribution in [0.25, 0.3) is 0 Å². The number of carbonyl (C=O) groups is 1. The van der Waals surface area contributed by atoms with Crippen LogP contribution in [0.4, 0.5) is 10.1 Å². The molecule has 0 aliphatic rings. The van der Waals surface area contributed by atoms with Gasteiger partial charge in [-0.05, 0) is 36.2 Å². The lowest BCUT2D eigenvalue weighted by molar-refractivity contribution is -0.384. The zero-order valence-electron chi connectivity index (χ0n) is 10.8. The van der Waals surface area contributed by atoms with Crippen molar-refractivity contribution in [3.8, 4) is 0 Å². The van der Waals surface area contributed by atoms with Gasteiger partial charge in [-0.3, -0.25) is 14.9 Å². The van der Waals surface area contributed by atoms with Gasteiger partial charge < -0.3 is 0 Å². The van der Waals surface area contributed by atoms with Gasteiger partial charge in [0.1, 0.15) is 5.82 Å². The van der Waals surface area contributed by atoms with Crippen LogP contribution in [0.15, 0.2) is 42.5 Å². The Hall–Kier alpha value is -2.56. The zero-order chi connectivity index (χ0) is 14.7. The van der Waals surface area contributed by atoms with Crippen LogP contribution in [0.2, 0.25) is 0 Å². The molecule has 0 saturated carbocycles. The Morgan fingerprint density at radius 2 is 1.85 bits per heavy atom. The summed E-state index contributed by atoms with van der Waals surface area (Å²) in [5.41, 5.74) is 1.71. The predicted octanol–water partition coefficient (Wildman–Crippen LogP) is 3.47. The number of nitro groups is 1. The van der Waals surface area contributed by atoms with E-state index in [9.17, 15) is 19.3 Å². The molecule has 0 radical (unpaired) electrons. The van der Waals surface area contributed by atoms with E-state index in [2.05, 4.69) is 0 Å². The molecule has 0 aromatic heterocycles. The summed E-state index contributed by atoms with van der Waals surface area (Å²) in [4.78, 5) is 22.2. The minimum atomic E-state index is -0.490. The summed E-state index contributed by atoms with van der Waals surface area (Å²) in [5, 5.41) is 10.5. The molecule has 102 valence electrons. The first-order chi connectivity index (χ1) is 9.47. The molecule has 0 unspecified atom stereocenters. The van der Waals surface area contributed by atoms with Gasteiger partial charge in [0, 0.05) is 24.1 Å². The first-order valence-corrected chi connectivity index (χ1v) is 6.00. The van der Waals surface area contributed by atoms with E-state index in [0.29, 0.717) is 16.7 Å². The van der Waals surface area contributed by atoms with E-state index in [1.807, 2.05) is 0 Å². The number of nitrogens with zero attached hydrogens (tertiary/aromatic N) is 1. The maximum atomic E-state index is 13.0. The van der Waals surface area contributed by atoms with Crippen molar-refractivity contribution in [2.45, 2.75) is 13.3 Å². The number of rotatable bonds is 4. The number of ketones is 1. The summed E-state index contributed by atoms with van der Waals surface area (Å²) >= 11 is 0. The van der Waals surface area contributed by atoms with Crippen LogP contribution in [0.5, 0.6) is 0 Å². The molecule has 2 rings (SSSR count). The van der Waals surface area contributed by atoms with Gasteiger partial charge in [-0.15, -0.1) is 0 Å². The molecule has 5 heteroatoms. The fourth-order valence-corrected chi connectivity index (χ4v) is 1.96. The second-order valence-corrected chi connectivity index (χ2v) is 4.48. The van der Waals surface area contributed by atoms with Crippen molar-refractivity contribution < 1.29 is 14.1 Å². The van der Waals surface area contributed by atoms with Gasteiger partial charge in [0.15, 0.2) is 5.78 Å². The largest absolute Gasteiger partial charge is 0.294 e. The van der Waals surface area contributed by atoms with Crippen molar-refractivity contribution in [3.63, 3.8) is 0 Å². The van der Waals surface area contributed by atoms with Crippen LogP contribution in [0, 0.1) is 22.9 Å². The zero-order valence-corrected chi connectivity index (χ0v) is 10.8. The van der Waals surface area contributed by atoms with Crippen LogP contribution in [0.3, 0.4) is 0 Å². The third kappa shape index (κ3) is 3.06. The van der Waals surface area contributed by atoms with Crippen molar-refractivity contribution in [2.24, 2.45) is 0 Å². The van der Waals surface area contributed by atoms with Crippen molar-refractivity contribution in [1.29, 1.82) is 0 Å². The number of benzene rings is 2. The SMILES string of the molecule is Cc1cc(F)ccc1C(=O)Cc1ccc([N+](=O)[O-])cc1. The molecule has 0 N–H and O–H groups in total. The highest BCUT2D eigenvalue weighted by Gasteiger charge is 2.11. The molecule has 0 aliphatic carbocycles. The van der Waals surface area contributed by atoms with Gasteiger partial charge in [0.2, 0.25) is 0 Å². The van der Waals surface area contributed by atoms with Crippen LogP contribution in [-0.4, -0.2) is 10.7 Å². The summed E-state index contributed by atoms with van der Waals surface area (Å²) in [6, 6.07) is 9.83. The van der Waals surface area contributed by atoms with Gasteiger partial charge in [-0.25, -0.2) is 4.39 Å². The maximum Gasteiger partial charge on any atom is 0.269 e. The molecule has 0 heterocycles. The third-order valence-electron chi connectivity index (χ3n) is 3.00. The molecular formula is C15H12FNO3. The van der Waals surface area contributed by atoms with E-state index in [-0.39, 0.29) is 23.7 Å². The molecule has 4 nitrogen and oxygen atoms in total. The van der Waals surface area contributed by atoms with Gasteiger partial charge >= 0.3 is 0 Å². The Morgan fingerprint density at radius 1 is 1.20 bits per heavy atom. The Bertz CT molecular complexity index is 665. The van der Waals surface area contributed by atoms with E-state index >= 15 is 0 Å². The summed E-state index contributed by atoms with van der Waals surface area (Å²) in [7, 11) is 0. The summed E-state index contributed by atoms with van der Waals surface area (Å²) in [5.74, 6) is -0.522. The maximum absolute atomic E-state index is 13.0. The average Bonchev–Trinajstić information content (AvgIpc) is 2.39. The lowest BCUT2D eigenvalue weighted by atomic mass is 9.99. The monoisotopic (exact) mass is 273 g/mol. The number of carbonyl (C=O) groups excluding carboxylic acids is 1. The molecule has 2 aromatic rings. The van der Waals surface area contributed by atoms with Crippen LogP contribution in [0.1, 0.15) is 21.5 Å². The summed E-state index contributed by atoms with van der Waals surface area (Å²) in [6.07, 6.45) is 0.129. The lowest BCUT2D eigenvalue weighted by Crippen LogP contribution is -2.06. The van der Waals surface area contributed by atoms with E-state index in [0.717, 1.165) is 0 Å². The number of halogens is 1. The van der Waals surface area contributed by atoms with Gasteiger partial charge in [-0.1, -0.05) is 12.1 Å². The molecule has 2 aromatic carbocycles. The quantitative estimate of drug-likeness (QED) is 0.487. The average molecular weight is 273 g/mol. The van der Waals surface area contributed by atoms with Crippen molar-refractivity contribution in [2.75, 3.05) is 0 Å². The Morgan fingerprint density at radius 3 is 2.40 bits per heavy atom. The highest BCUT2D eigenvalue weighted by Crippen LogP contribution is 2.16. The fourth-order valence-electron chi connectivity index (χ4n) is 1.96. The van der Waals surface area contributed by atoms with Crippen molar-refractivity contribution in [1.82, 2.24) is 0 Å². The molecule has 20 heavy (non-hydrogen) atoms. The topological polar surface area (TPSA) is 60.2 Å². The number of non-ortho nitro benzene ring substituents is 1. The lowest BCUT2D eigenvalue weighted by Gasteiger charge is -2.05. The van der Waals surface area contributed by atoms with Crippen molar-refractivity contribution >= 4 is 11.5 Å². The molecule has 0 atom stereocenters. The second-order valence-electron chi connectivity index (χ2n) is 4.48. The van der Waals surface area contributed by atoms with E-state index < -0.39 is 4.92 Å². The molecule has 0 aliphatic heterocycles. The van der Waals surface area contributed by atoms with Gasteiger partial charge in [0.25, 0.3) is 5.69 Å². The molecule has 0 amide bonds. The first kappa shape index (κ1) is 13.9. The number of aryl methyl sites for hydroxylation is 1. The van der Waals surface area contributed by atoms with Gasteiger partial charge in [-0.2, -0.15) is 0 Å². The molecule has 0 fully saturated rings. The van der Waals surface area contributed by atoms with Crippen LogP contribution < -0.4 is 0 Å².